The van der Waals surface area contributed by atoms with Crippen LogP contribution in [0.2, 0.25) is 0 Å². The Hall–Kier alpha value is -3.47. The van der Waals surface area contributed by atoms with Crippen molar-refractivity contribution in [3.8, 4) is 5.88 Å². The lowest BCUT2D eigenvalue weighted by molar-refractivity contribution is -0.117. The Labute approximate surface area is 143 Å². The van der Waals surface area contributed by atoms with E-state index in [1.165, 1.54) is 0 Å². The quantitative estimate of drug-likeness (QED) is 0.525. The molecule has 0 fully saturated rings. The van der Waals surface area contributed by atoms with Gasteiger partial charge in [-0.2, -0.15) is 0 Å². The molecule has 0 unspecified atom stereocenters. The predicted octanol–water partition coefficient (Wildman–Crippen LogP) is 4.88. The average molecular weight is 329 g/mol. The van der Waals surface area contributed by atoms with E-state index in [1.807, 2.05) is 66.7 Å². The van der Waals surface area contributed by atoms with Gasteiger partial charge >= 0.3 is 0 Å². The molecule has 5 nitrogen and oxygen atoms in total. The highest BCUT2D eigenvalue weighted by atomic mass is 16.3. The van der Waals surface area contributed by atoms with Gasteiger partial charge in [-0.25, -0.2) is 0 Å². The second-order valence-corrected chi connectivity index (χ2v) is 5.82. The van der Waals surface area contributed by atoms with E-state index in [9.17, 15) is 9.90 Å². The number of H-pyrrole nitrogens is 1. The van der Waals surface area contributed by atoms with Crippen LogP contribution < -0.4 is 0 Å². The highest BCUT2D eigenvalue weighted by Gasteiger charge is 2.10. The molecular weight excluding hydrogens is 314 g/mol. The van der Waals surface area contributed by atoms with Crippen molar-refractivity contribution in [2.45, 2.75) is 6.42 Å². The van der Waals surface area contributed by atoms with E-state index in [1.54, 1.807) is 0 Å². The molecule has 0 atom stereocenters. The van der Waals surface area contributed by atoms with E-state index in [4.69, 9.17) is 0 Å². The molecule has 2 N–H and O–H groups in total. The molecule has 5 heteroatoms. The fourth-order valence-electron chi connectivity index (χ4n) is 2.88. The number of benzene rings is 3. The Bertz CT molecular complexity index is 1110. The molecule has 0 saturated heterocycles. The van der Waals surface area contributed by atoms with E-state index in [-0.39, 0.29) is 23.9 Å². The summed E-state index contributed by atoms with van der Waals surface area (Å²) in [5.41, 5.74) is 1.91. The predicted molar refractivity (Wildman–Crippen MR) is 97.1 cm³/mol. The third-order valence-electron chi connectivity index (χ3n) is 4.09. The number of fused-ring (bicyclic) bond motifs is 2. The Balaban J connectivity index is 1.56. The molecule has 3 aromatic carbocycles. The number of carbonyl (C=O) groups excluding carboxylic acids is 1. The van der Waals surface area contributed by atoms with Crippen LogP contribution in [0.4, 0.5) is 5.69 Å². The Morgan fingerprint density at radius 3 is 2.60 bits per heavy atom. The number of aromatic nitrogens is 1. The number of amides is 1. The summed E-state index contributed by atoms with van der Waals surface area (Å²) in [5, 5.41) is 20.6. The lowest BCUT2D eigenvalue weighted by Gasteiger charge is -2.01. The first-order chi connectivity index (χ1) is 12.2. The minimum absolute atomic E-state index is 0.0940. The van der Waals surface area contributed by atoms with E-state index in [2.05, 4.69) is 15.2 Å². The molecule has 0 aliphatic heterocycles. The standard InChI is InChI=1S/C20H15N3O2/c24-18(12-13-9-10-14-5-1-2-6-15(14)11-13)22-23-19-16-7-3-4-8-17(16)21-20(19)25/h1-11,21,25H,12H2. The number of hydrogen-bond acceptors (Lipinski definition) is 3. The van der Waals surface area contributed by atoms with Gasteiger partial charge in [-0.1, -0.05) is 60.7 Å². The molecule has 0 aliphatic carbocycles. The molecule has 25 heavy (non-hydrogen) atoms. The maximum absolute atomic E-state index is 12.1. The monoisotopic (exact) mass is 329 g/mol. The Kier molecular flexibility index (Phi) is 3.74. The summed E-state index contributed by atoms with van der Waals surface area (Å²) in [6.07, 6.45) is 0.164. The van der Waals surface area contributed by atoms with Crippen LogP contribution >= 0.6 is 0 Å². The number of rotatable bonds is 3. The van der Waals surface area contributed by atoms with Crippen molar-refractivity contribution in [2.24, 2.45) is 10.2 Å². The van der Waals surface area contributed by atoms with Crippen molar-refractivity contribution in [3.63, 3.8) is 0 Å². The zero-order valence-electron chi connectivity index (χ0n) is 13.3. The molecule has 1 aromatic heterocycles. The molecule has 1 heterocycles. The van der Waals surface area contributed by atoms with Gasteiger partial charge in [-0.15, -0.1) is 10.2 Å². The van der Waals surface area contributed by atoms with E-state index < -0.39 is 0 Å². The van der Waals surface area contributed by atoms with Crippen LogP contribution in [0.25, 0.3) is 21.7 Å². The number of nitrogens with zero attached hydrogens (tertiary/aromatic N) is 2. The number of para-hydroxylation sites is 1. The number of azo groups is 1. The fraction of sp³-hybridized carbons (Fsp3) is 0.0500. The molecule has 0 radical (unpaired) electrons. The highest BCUT2D eigenvalue weighted by Crippen LogP contribution is 2.35. The van der Waals surface area contributed by atoms with E-state index >= 15 is 0 Å². The first kappa shape index (κ1) is 15.1. The van der Waals surface area contributed by atoms with Crippen LogP contribution in [0.1, 0.15) is 5.56 Å². The number of aromatic amines is 1. The van der Waals surface area contributed by atoms with Crippen molar-refractivity contribution >= 4 is 33.3 Å². The maximum atomic E-state index is 12.1. The summed E-state index contributed by atoms with van der Waals surface area (Å²) >= 11 is 0. The van der Waals surface area contributed by atoms with Crippen molar-refractivity contribution in [2.75, 3.05) is 0 Å². The first-order valence-electron chi connectivity index (χ1n) is 7.92. The lowest BCUT2D eigenvalue weighted by atomic mass is 10.1. The smallest absolute Gasteiger partial charge is 0.269 e. The third-order valence-corrected chi connectivity index (χ3v) is 4.09. The maximum Gasteiger partial charge on any atom is 0.269 e. The van der Waals surface area contributed by atoms with Crippen molar-refractivity contribution < 1.29 is 9.90 Å². The van der Waals surface area contributed by atoms with Crippen LogP contribution in [0.15, 0.2) is 77.0 Å². The second-order valence-electron chi connectivity index (χ2n) is 5.82. The topological polar surface area (TPSA) is 77.8 Å². The summed E-state index contributed by atoms with van der Waals surface area (Å²) in [7, 11) is 0. The number of carbonyl (C=O) groups is 1. The minimum Gasteiger partial charge on any atom is -0.493 e. The molecule has 0 aliphatic rings. The third kappa shape index (κ3) is 2.99. The van der Waals surface area contributed by atoms with Crippen LogP contribution in [0.3, 0.4) is 0 Å². The van der Waals surface area contributed by atoms with Crippen molar-refractivity contribution in [3.05, 3.63) is 72.3 Å². The molecule has 0 bridgehead atoms. The minimum atomic E-state index is -0.361. The van der Waals surface area contributed by atoms with Gasteiger partial charge in [0, 0.05) is 5.39 Å². The summed E-state index contributed by atoms with van der Waals surface area (Å²) in [5.74, 6) is -0.455. The molecule has 4 rings (SSSR count). The number of aromatic hydroxyl groups is 1. The Morgan fingerprint density at radius 1 is 0.960 bits per heavy atom. The van der Waals surface area contributed by atoms with Crippen LogP contribution in [-0.4, -0.2) is 16.0 Å². The average Bonchev–Trinajstić information content (AvgIpc) is 2.95. The van der Waals surface area contributed by atoms with Gasteiger partial charge in [-0.3, -0.25) is 4.79 Å². The molecule has 1 amide bonds. The first-order valence-corrected chi connectivity index (χ1v) is 7.92. The second kappa shape index (κ2) is 6.20. The normalized spacial score (nSPS) is 11.5. The van der Waals surface area contributed by atoms with Gasteiger partial charge < -0.3 is 10.1 Å². The van der Waals surface area contributed by atoms with Gasteiger partial charge in [0.05, 0.1) is 11.9 Å². The summed E-state index contributed by atoms with van der Waals surface area (Å²) in [4.78, 5) is 14.9. The molecule has 0 saturated carbocycles. The largest absolute Gasteiger partial charge is 0.493 e. The van der Waals surface area contributed by atoms with Crippen molar-refractivity contribution in [1.29, 1.82) is 0 Å². The summed E-state index contributed by atoms with van der Waals surface area (Å²) in [6.45, 7) is 0. The number of nitrogens with one attached hydrogen (secondary N) is 1. The van der Waals surface area contributed by atoms with Crippen molar-refractivity contribution in [1.82, 2.24) is 4.98 Å². The van der Waals surface area contributed by atoms with Crippen LogP contribution in [0, 0.1) is 0 Å². The molecule has 122 valence electrons. The summed E-state index contributed by atoms with van der Waals surface area (Å²) in [6, 6.07) is 21.2. The molecule has 0 spiro atoms. The number of hydrogen-bond donors (Lipinski definition) is 2. The van der Waals surface area contributed by atoms with Gasteiger partial charge in [0.25, 0.3) is 5.91 Å². The Morgan fingerprint density at radius 2 is 1.72 bits per heavy atom. The SMILES string of the molecule is O=C(Cc1ccc2ccccc2c1)N=Nc1c(O)[nH]c2ccccc12. The zero-order valence-corrected chi connectivity index (χ0v) is 13.3. The fourth-order valence-corrected chi connectivity index (χ4v) is 2.88. The van der Waals surface area contributed by atoms with Gasteiger partial charge in [0.1, 0.15) is 0 Å². The highest BCUT2D eigenvalue weighted by molar-refractivity contribution is 5.94. The van der Waals surface area contributed by atoms with E-state index in [0.717, 1.165) is 27.2 Å². The van der Waals surface area contributed by atoms with Gasteiger partial charge in [0.15, 0.2) is 5.69 Å². The van der Waals surface area contributed by atoms with E-state index in [0.29, 0.717) is 0 Å². The van der Waals surface area contributed by atoms with Gasteiger partial charge in [-0.05, 0) is 22.4 Å². The summed E-state index contributed by atoms with van der Waals surface area (Å²) < 4.78 is 0. The van der Waals surface area contributed by atoms with Gasteiger partial charge in [0.2, 0.25) is 5.88 Å². The molecular formula is C20H15N3O2. The lowest BCUT2D eigenvalue weighted by Crippen LogP contribution is -1.97. The van der Waals surface area contributed by atoms with Crippen LogP contribution in [0.5, 0.6) is 5.88 Å². The molecule has 4 aromatic rings. The zero-order chi connectivity index (χ0) is 17.2. The van der Waals surface area contributed by atoms with Crippen LogP contribution in [-0.2, 0) is 11.2 Å².